The fourth-order valence-corrected chi connectivity index (χ4v) is 4.06. The summed E-state index contributed by atoms with van der Waals surface area (Å²) >= 11 is 0. The van der Waals surface area contributed by atoms with E-state index in [2.05, 4.69) is 15.6 Å². The molecule has 1 aromatic heterocycles. The topological polar surface area (TPSA) is 80.1 Å². The van der Waals surface area contributed by atoms with E-state index >= 15 is 0 Å². The lowest BCUT2D eigenvalue weighted by molar-refractivity contribution is -0.124. The lowest BCUT2D eigenvalue weighted by atomic mass is 10.0. The fourth-order valence-electron chi connectivity index (χ4n) is 4.06. The zero-order valence-electron chi connectivity index (χ0n) is 19.2. The van der Waals surface area contributed by atoms with Crippen LogP contribution in [0.25, 0.3) is 11.0 Å². The number of rotatable bonds is 7. The Balaban J connectivity index is 1.56. The second-order valence-corrected chi connectivity index (χ2v) is 8.14. The Morgan fingerprint density at radius 1 is 0.833 bits per heavy atom. The minimum absolute atomic E-state index is 0.122. The molecule has 1 atom stereocenters. The molecule has 0 aliphatic heterocycles. The molecule has 1 N–H and O–H groups in total. The van der Waals surface area contributed by atoms with Crippen molar-refractivity contribution < 1.29 is 14.0 Å². The number of hydrogen-bond acceptors (Lipinski definition) is 4. The number of benzene rings is 4. The van der Waals surface area contributed by atoms with Crippen LogP contribution < -0.4 is 10.2 Å². The molecule has 5 aromatic rings. The van der Waals surface area contributed by atoms with Gasteiger partial charge in [-0.25, -0.2) is 9.07 Å². The first-order chi connectivity index (χ1) is 17.6. The number of carbonyl (C=O) groups is 2. The molecular weight excluding hydrogens is 457 g/mol. The highest BCUT2D eigenvalue weighted by Crippen LogP contribution is 2.29. The molecule has 36 heavy (non-hydrogen) atoms. The summed E-state index contributed by atoms with van der Waals surface area (Å²) in [6.07, 6.45) is 0. The molecule has 0 bridgehead atoms. The summed E-state index contributed by atoms with van der Waals surface area (Å²) in [6.45, 7) is -0.122. The van der Waals surface area contributed by atoms with E-state index in [0.29, 0.717) is 28.0 Å². The summed E-state index contributed by atoms with van der Waals surface area (Å²) in [7, 11) is 0. The number of nitrogens with one attached hydrogen (secondary N) is 1. The Morgan fingerprint density at radius 3 is 2.19 bits per heavy atom. The van der Waals surface area contributed by atoms with E-state index < -0.39 is 17.8 Å². The molecule has 0 aliphatic carbocycles. The lowest BCUT2D eigenvalue weighted by Crippen LogP contribution is -2.43. The summed E-state index contributed by atoms with van der Waals surface area (Å²) in [5, 5.41) is 11.1. The summed E-state index contributed by atoms with van der Waals surface area (Å²) in [5.41, 5.74) is 2.98. The fraction of sp³-hybridized carbons (Fsp3) is 0.0714. The van der Waals surface area contributed by atoms with E-state index in [-0.39, 0.29) is 12.5 Å². The van der Waals surface area contributed by atoms with Gasteiger partial charge in [-0.15, -0.1) is 5.10 Å². The van der Waals surface area contributed by atoms with Gasteiger partial charge in [-0.05, 0) is 54.1 Å². The van der Waals surface area contributed by atoms with Crippen LogP contribution >= 0.6 is 0 Å². The quantitative estimate of drug-likeness (QED) is 0.357. The van der Waals surface area contributed by atoms with Crippen LogP contribution in [-0.4, -0.2) is 26.8 Å². The lowest BCUT2D eigenvalue weighted by Gasteiger charge is -2.31. The number of aromatic nitrogens is 3. The number of anilines is 2. The van der Waals surface area contributed by atoms with Crippen LogP contribution in [0.15, 0.2) is 109 Å². The SMILES string of the molecule is O=C(Nc1ccc(F)cc1)[C@@H](c1ccccc1)N(C(=O)Cn1nnc2ccccc21)c1ccccc1. The van der Waals surface area contributed by atoms with Crippen molar-refractivity contribution in [3.63, 3.8) is 0 Å². The normalized spacial score (nSPS) is 11.7. The predicted molar refractivity (Wildman–Crippen MR) is 136 cm³/mol. The van der Waals surface area contributed by atoms with Crippen molar-refractivity contribution in [3.05, 3.63) is 121 Å². The van der Waals surface area contributed by atoms with Crippen molar-refractivity contribution in [2.75, 3.05) is 10.2 Å². The van der Waals surface area contributed by atoms with Crippen LogP contribution in [0.3, 0.4) is 0 Å². The Hall–Kier alpha value is -4.85. The third-order valence-electron chi connectivity index (χ3n) is 5.74. The molecule has 0 fully saturated rings. The maximum atomic E-state index is 13.9. The van der Waals surface area contributed by atoms with Gasteiger partial charge >= 0.3 is 0 Å². The summed E-state index contributed by atoms with van der Waals surface area (Å²) in [6, 6.07) is 29.9. The van der Waals surface area contributed by atoms with Crippen molar-refractivity contribution in [3.8, 4) is 0 Å². The average molecular weight is 480 g/mol. The van der Waals surface area contributed by atoms with E-state index in [1.165, 1.54) is 33.8 Å². The van der Waals surface area contributed by atoms with Gasteiger partial charge in [-0.2, -0.15) is 0 Å². The van der Waals surface area contributed by atoms with Crippen LogP contribution in [-0.2, 0) is 16.1 Å². The summed E-state index contributed by atoms with van der Waals surface area (Å²) < 4.78 is 14.9. The molecule has 1 heterocycles. The molecule has 2 amide bonds. The number of fused-ring (bicyclic) bond motifs is 1. The molecule has 0 spiro atoms. The highest BCUT2D eigenvalue weighted by molar-refractivity contribution is 6.05. The standard InChI is InChI=1S/C28H22FN5O2/c29-21-15-17-22(18-16-21)30-28(36)27(20-9-3-1-4-10-20)34(23-11-5-2-6-12-23)26(35)19-33-25-14-8-7-13-24(25)31-32-33/h1-18,27H,19H2,(H,30,36)/t27-/m1/s1. The predicted octanol–water partition coefficient (Wildman–Crippen LogP) is 4.98. The summed E-state index contributed by atoms with van der Waals surface area (Å²) in [4.78, 5) is 29.0. The maximum absolute atomic E-state index is 13.9. The highest BCUT2D eigenvalue weighted by Gasteiger charge is 2.33. The van der Waals surface area contributed by atoms with E-state index in [0.717, 1.165) is 0 Å². The van der Waals surface area contributed by atoms with Crippen LogP contribution in [0.1, 0.15) is 11.6 Å². The molecule has 0 saturated heterocycles. The Bertz CT molecular complexity index is 1490. The molecular formula is C28H22FN5O2. The van der Waals surface area contributed by atoms with Crippen molar-refractivity contribution in [2.45, 2.75) is 12.6 Å². The van der Waals surface area contributed by atoms with Gasteiger partial charge in [0.1, 0.15) is 23.9 Å². The van der Waals surface area contributed by atoms with Crippen LogP contribution in [0.4, 0.5) is 15.8 Å². The third kappa shape index (κ3) is 4.83. The van der Waals surface area contributed by atoms with Crippen molar-refractivity contribution in [1.82, 2.24) is 15.0 Å². The van der Waals surface area contributed by atoms with Gasteiger partial charge in [-0.3, -0.25) is 14.5 Å². The zero-order chi connectivity index (χ0) is 24.9. The maximum Gasteiger partial charge on any atom is 0.252 e. The van der Waals surface area contributed by atoms with Gasteiger partial charge in [-0.1, -0.05) is 65.9 Å². The first-order valence-corrected chi connectivity index (χ1v) is 11.4. The van der Waals surface area contributed by atoms with Crippen molar-refractivity contribution >= 4 is 34.2 Å². The number of hydrogen-bond donors (Lipinski definition) is 1. The molecule has 5 rings (SSSR count). The van der Waals surface area contributed by atoms with Crippen molar-refractivity contribution in [1.29, 1.82) is 0 Å². The minimum Gasteiger partial charge on any atom is -0.324 e. The van der Waals surface area contributed by atoms with Crippen LogP contribution in [0.2, 0.25) is 0 Å². The molecule has 4 aromatic carbocycles. The second-order valence-electron chi connectivity index (χ2n) is 8.14. The second kappa shape index (κ2) is 10.2. The first kappa shape index (κ1) is 22.9. The third-order valence-corrected chi connectivity index (χ3v) is 5.74. The molecule has 0 aliphatic rings. The number of amides is 2. The van der Waals surface area contributed by atoms with E-state index in [1.807, 2.05) is 48.5 Å². The first-order valence-electron chi connectivity index (χ1n) is 11.4. The number of nitrogens with zero attached hydrogens (tertiary/aromatic N) is 4. The Morgan fingerprint density at radius 2 is 1.47 bits per heavy atom. The van der Waals surface area contributed by atoms with Gasteiger partial charge in [0.05, 0.1) is 5.52 Å². The van der Waals surface area contributed by atoms with E-state index in [4.69, 9.17) is 0 Å². The van der Waals surface area contributed by atoms with E-state index in [1.54, 1.807) is 36.4 Å². The molecule has 8 heteroatoms. The molecule has 178 valence electrons. The van der Waals surface area contributed by atoms with Crippen molar-refractivity contribution in [2.24, 2.45) is 0 Å². The Labute approximate surface area is 206 Å². The molecule has 0 radical (unpaired) electrons. The zero-order valence-corrected chi connectivity index (χ0v) is 19.2. The van der Waals surface area contributed by atoms with Gasteiger partial charge in [0, 0.05) is 11.4 Å². The summed E-state index contributed by atoms with van der Waals surface area (Å²) in [5.74, 6) is -1.19. The molecule has 0 unspecified atom stereocenters. The number of halogens is 1. The Kier molecular flexibility index (Phi) is 6.48. The van der Waals surface area contributed by atoms with Gasteiger partial charge < -0.3 is 5.32 Å². The highest BCUT2D eigenvalue weighted by atomic mass is 19.1. The molecule has 0 saturated carbocycles. The molecule has 7 nitrogen and oxygen atoms in total. The van der Waals surface area contributed by atoms with E-state index in [9.17, 15) is 14.0 Å². The van der Waals surface area contributed by atoms with Crippen LogP contribution in [0, 0.1) is 5.82 Å². The smallest absolute Gasteiger partial charge is 0.252 e. The van der Waals surface area contributed by atoms with Gasteiger partial charge in [0.15, 0.2) is 0 Å². The number of para-hydroxylation sites is 2. The largest absolute Gasteiger partial charge is 0.324 e. The van der Waals surface area contributed by atoms with Gasteiger partial charge in [0.2, 0.25) is 5.91 Å². The monoisotopic (exact) mass is 479 g/mol. The van der Waals surface area contributed by atoms with Crippen LogP contribution in [0.5, 0.6) is 0 Å². The minimum atomic E-state index is -0.999. The average Bonchev–Trinajstić information content (AvgIpc) is 3.32. The number of carbonyl (C=O) groups excluding carboxylic acids is 2. The van der Waals surface area contributed by atoms with Gasteiger partial charge in [0.25, 0.3) is 5.91 Å².